The minimum absolute atomic E-state index is 0.178. The van der Waals surface area contributed by atoms with Crippen LogP contribution in [0.3, 0.4) is 0 Å². The van der Waals surface area contributed by atoms with Crippen LogP contribution in [0.5, 0.6) is 0 Å². The molecule has 3 aromatic rings. The summed E-state index contributed by atoms with van der Waals surface area (Å²) >= 11 is 0. The molecular formula is C17H18N4O3. The van der Waals surface area contributed by atoms with Crippen molar-refractivity contribution in [3.05, 3.63) is 42.2 Å². The number of hydrogen-bond acceptors (Lipinski definition) is 5. The molecule has 3 N–H and O–H groups in total. The number of amides is 1. The van der Waals surface area contributed by atoms with Gasteiger partial charge in [-0.2, -0.15) is 0 Å². The molecule has 0 fully saturated rings. The summed E-state index contributed by atoms with van der Waals surface area (Å²) in [7, 11) is 0. The Morgan fingerprint density at radius 3 is 2.54 bits per heavy atom. The van der Waals surface area contributed by atoms with Gasteiger partial charge < -0.3 is 4.74 Å². The van der Waals surface area contributed by atoms with Crippen molar-refractivity contribution in [1.29, 1.82) is 0 Å². The second-order valence-electron chi connectivity index (χ2n) is 6.39. The van der Waals surface area contributed by atoms with E-state index in [-0.39, 0.29) is 5.69 Å². The third-order valence-electron chi connectivity index (χ3n) is 3.50. The van der Waals surface area contributed by atoms with Crippen molar-refractivity contribution in [2.24, 2.45) is 5.84 Å². The van der Waals surface area contributed by atoms with Crippen LogP contribution in [0.2, 0.25) is 0 Å². The quantitative estimate of drug-likeness (QED) is 0.407. The van der Waals surface area contributed by atoms with Gasteiger partial charge in [-0.05, 0) is 32.9 Å². The van der Waals surface area contributed by atoms with Crippen molar-refractivity contribution < 1.29 is 14.3 Å². The van der Waals surface area contributed by atoms with Crippen LogP contribution in [-0.2, 0) is 4.74 Å². The van der Waals surface area contributed by atoms with Gasteiger partial charge in [0.1, 0.15) is 11.3 Å². The number of nitrogen functional groups attached to an aromatic ring is 1. The van der Waals surface area contributed by atoms with Gasteiger partial charge in [0.25, 0.3) is 5.91 Å². The molecule has 0 spiro atoms. The number of benzene rings is 1. The Labute approximate surface area is 138 Å². The molecule has 7 nitrogen and oxygen atoms in total. The highest BCUT2D eigenvalue weighted by Crippen LogP contribution is 2.29. The number of carbonyl (C=O) groups excluding carboxylic acids is 2. The Bertz CT molecular complexity index is 954. The fraction of sp³-hybridized carbons (Fsp3) is 0.235. The highest BCUT2D eigenvalue weighted by molar-refractivity contribution is 6.13. The van der Waals surface area contributed by atoms with E-state index in [0.717, 1.165) is 10.8 Å². The Balaban J connectivity index is 2.28. The summed E-state index contributed by atoms with van der Waals surface area (Å²) in [6.07, 6.45) is 0.982. The molecule has 0 radical (unpaired) electrons. The van der Waals surface area contributed by atoms with E-state index in [1.807, 2.05) is 24.3 Å². The maximum absolute atomic E-state index is 12.6. The maximum Gasteiger partial charge on any atom is 0.419 e. The van der Waals surface area contributed by atoms with Gasteiger partial charge in [-0.25, -0.2) is 20.2 Å². The monoisotopic (exact) mass is 326 g/mol. The van der Waals surface area contributed by atoms with Crippen LogP contribution in [0.1, 0.15) is 31.3 Å². The molecule has 0 saturated heterocycles. The molecule has 0 aliphatic rings. The smallest absolute Gasteiger partial charge is 0.419 e. The number of fused-ring (bicyclic) bond motifs is 3. The third-order valence-corrected chi connectivity index (χ3v) is 3.50. The van der Waals surface area contributed by atoms with Gasteiger partial charge >= 0.3 is 6.09 Å². The second-order valence-corrected chi connectivity index (χ2v) is 6.39. The number of carbonyl (C=O) groups is 2. The van der Waals surface area contributed by atoms with E-state index >= 15 is 0 Å². The minimum atomic E-state index is -0.623. The number of nitrogens with two attached hydrogens (primary N) is 1. The number of rotatable bonds is 1. The largest absolute Gasteiger partial charge is 0.443 e. The predicted octanol–water partition coefficient (Wildman–Crippen LogP) is 2.58. The first kappa shape index (κ1) is 15.9. The van der Waals surface area contributed by atoms with Crippen molar-refractivity contribution in [3.63, 3.8) is 0 Å². The van der Waals surface area contributed by atoms with Crippen LogP contribution in [0.25, 0.3) is 21.8 Å². The summed E-state index contributed by atoms with van der Waals surface area (Å²) in [5.74, 6) is 4.67. The second kappa shape index (κ2) is 5.61. The molecule has 1 aromatic carbocycles. The predicted molar refractivity (Wildman–Crippen MR) is 90.5 cm³/mol. The summed E-state index contributed by atoms with van der Waals surface area (Å²) in [4.78, 5) is 28.5. The summed E-state index contributed by atoms with van der Waals surface area (Å²) in [5.41, 5.74) is 2.87. The van der Waals surface area contributed by atoms with E-state index in [9.17, 15) is 9.59 Å². The molecule has 2 aromatic heterocycles. The van der Waals surface area contributed by atoms with Gasteiger partial charge in [-0.3, -0.25) is 10.2 Å². The molecule has 24 heavy (non-hydrogen) atoms. The average molecular weight is 326 g/mol. The number of para-hydroxylation sites is 1. The molecule has 2 heterocycles. The Morgan fingerprint density at radius 1 is 1.17 bits per heavy atom. The van der Waals surface area contributed by atoms with Gasteiger partial charge in [0.15, 0.2) is 0 Å². The Kier molecular flexibility index (Phi) is 3.73. The normalized spacial score (nSPS) is 11.7. The van der Waals surface area contributed by atoms with Crippen molar-refractivity contribution in [2.45, 2.75) is 26.4 Å². The molecule has 0 bridgehead atoms. The van der Waals surface area contributed by atoms with E-state index in [1.54, 1.807) is 26.8 Å². The van der Waals surface area contributed by atoms with Crippen molar-refractivity contribution in [3.8, 4) is 0 Å². The first-order valence-electron chi connectivity index (χ1n) is 7.45. The molecule has 0 saturated carbocycles. The number of ether oxygens (including phenoxy) is 1. The van der Waals surface area contributed by atoms with Crippen molar-refractivity contribution in [2.75, 3.05) is 0 Å². The van der Waals surface area contributed by atoms with Gasteiger partial charge in [0, 0.05) is 10.8 Å². The SMILES string of the molecule is CC(C)(C)OC(=O)n1c2ccccc2c2cc(C(=O)NN)ncc21. The summed E-state index contributed by atoms with van der Waals surface area (Å²) in [6.45, 7) is 5.42. The number of nitrogens with one attached hydrogen (secondary N) is 1. The zero-order valence-electron chi connectivity index (χ0n) is 13.7. The van der Waals surface area contributed by atoms with E-state index in [1.165, 1.54) is 10.8 Å². The maximum atomic E-state index is 12.6. The zero-order chi connectivity index (χ0) is 17.5. The molecule has 7 heteroatoms. The van der Waals surface area contributed by atoms with Crippen LogP contribution in [0.15, 0.2) is 36.5 Å². The molecule has 124 valence electrons. The number of nitrogens with zero attached hydrogens (tertiary/aromatic N) is 2. The zero-order valence-corrected chi connectivity index (χ0v) is 13.7. The fourth-order valence-corrected chi connectivity index (χ4v) is 2.57. The number of pyridine rings is 1. The van der Waals surface area contributed by atoms with E-state index < -0.39 is 17.6 Å². The summed E-state index contributed by atoms with van der Waals surface area (Å²) < 4.78 is 6.96. The standard InChI is InChI=1S/C17H18N4O3/c1-17(2,3)24-16(23)21-13-7-5-4-6-10(13)11-8-12(15(22)20-18)19-9-14(11)21/h4-9H,18H2,1-3H3,(H,20,22). The first-order valence-corrected chi connectivity index (χ1v) is 7.45. The molecule has 0 aliphatic heterocycles. The summed E-state index contributed by atoms with van der Waals surface area (Å²) in [5, 5.41) is 1.55. The van der Waals surface area contributed by atoms with Crippen LogP contribution >= 0.6 is 0 Å². The molecule has 0 atom stereocenters. The summed E-state index contributed by atoms with van der Waals surface area (Å²) in [6, 6.07) is 9.01. The van der Waals surface area contributed by atoms with Crippen LogP contribution in [0, 0.1) is 0 Å². The van der Waals surface area contributed by atoms with Crippen molar-refractivity contribution in [1.82, 2.24) is 15.0 Å². The molecule has 3 rings (SSSR count). The Morgan fingerprint density at radius 2 is 1.88 bits per heavy atom. The van der Waals surface area contributed by atoms with Crippen LogP contribution in [0.4, 0.5) is 4.79 Å². The third kappa shape index (κ3) is 2.69. The van der Waals surface area contributed by atoms with Crippen LogP contribution in [-0.4, -0.2) is 27.2 Å². The average Bonchev–Trinajstić information content (AvgIpc) is 2.86. The lowest BCUT2D eigenvalue weighted by molar-refractivity contribution is 0.0551. The minimum Gasteiger partial charge on any atom is -0.443 e. The lowest BCUT2D eigenvalue weighted by Gasteiger charge is -2.20. The fourth-order valence-electron chi connectivity index (χ4n) is 2.57. The Hall–Kier alpha value is -2.93. The molecular weight excluding hydrogens is 308 g/mol. The van der Waals surface area contributed by atoms with Gasteiger partial charge in [0.2, 0.25) is 0 Å². The molecule has 1 amide bonds. The number of hydrazine groups is 1. The first-order chi connectivity index (χ1) is 11.3. The van der Waals surface area contributed by atoms with Gasteiger partial charge in [-0.1, -0.05) is 18.2 Å². The molecule has 0 unspecified atom stereocenters. The highest BCUT2D eigenvalue weighted by atomic mass is 16.6. The van der Waals surface area contributed by atoms with Crippen molar-refractivity contribution >= 4 is 33.8 Å². The number of aromatic nitrogens is 2. The molecule has 0 aliphatic carbocycles. The van der Waals surface area contributed by atoms with E-state index in [2.05, 4.69) is 10.4 Å². The number of hydrogen-bond donors (Lipinski definition) is 2. The van der Waals surface area contributed by atoms with Gasteiger partial charge in [0.05, 0.1) is 17.2 Å². The highest BCUT2D eigenvalue weighted by Gasteiger charge is 2.23. The lowest BCUT2D eigenvalue weighted by atomic mass is 10.1. The topological polar surface area (TPSA) is 99.2 Å². The van der Waals surface area contributed by atoms with Gasteiger partial charge in [-0.15, -0.1) is 0 Å². The van der Waals surface area contributed by atoms with E-state index in [0.29, 0.717) is 11.0 Å². The van der Waals surface area contributed by atoms with Crippen LogP contribution < -0.4 is 11.3 Å². The lowest BCUT2D eigenvalue weighted by Crippen LogP contribution is -2.30. The van der Waals surface area contributed by atoms with E-state index in [4.69, 9.17) is 10.6 Å².